The highest BCUT2D eigenvalue weighted by Crippen LogP contribution is 2.09. The molecule has 96 valence electrons. The monoisotopic (exact) mass is 256 g/mol. The Balaban J connectivity index is 2.32. The van der Waals surface area contributed by atoms with Gasteiger partial charge in [0.2, 0.25) is 10.0 Å². The molecule has 4 nitrogen and oxygen atoms in total. The van der Waals surface area contributed by atoms with E-state index in [1.165, 1.54) is 16.7 Å². The van der Waals surface area contributed by atoms with Gasteiger partial charge >= 0.3 is 0 Å². The first kappa shape index (κ1) is 14.2. The van der Waals surface area contributed by atoms with E-state index in [4.69, 9.17) is 0 Å². The number of benzene rings is 1. The lowest BCUT2D eigenvalue weighted by atomic mass is 10.1. The maximum absolute atomic E-state index is 10.8. The number of nitrogens with one attached hydrogen (secondary N) is 2. The van der Waals surface area contributed by atoms with Crippen molar-refractivity contribution in [2.75, 3.05) is 19.3 Å². The van der Waals surface area contributed by atoms with Gasteiger partial charge in [-0.15, -0.1) is 0 Å². The van der Waals surface area contributed by atoms with E-state index in [1.54, 1.807) is 0 Å². The molecule has 0 unspecified atom stereocenters. The molecule has 0 saturated carbocycles. The summed E-state index contributed by atoms with van der Waals surface area (Å²) in [6.45, 7) is 5.96. The Hall–Kier alpha value is -0.910. The predicted molar refractivity (Wildman–Crippen MR) is 70.5 cm³/mol. The molecule has 0 radical (unpaired) electrons. The van der Waals surface area contributed by atoms with Crippen LogP contribution in [0.1, 0.15) is 16.7 Å². The summed E-state index contributed by atoms with van der Waals surface area (Å²) in [6.07, 6.45) is 1.16. The Morgan fingerprint density at radius 2 is 1.88 bits per heavy atom. The van der Waals surface area contributed by atoms with E-state index >= 15 is 0 Å². The van der Waals surface area contributed by atoms with Crippen LogP contribution in [0.15, 0.2) is 18.2 Å². The lowest BCUT2D eigenvalue weighted by molar-refractivity contribution is 0.581. The van der Waals surface area contributed by atoms with E-state index in [1.807, 2.05) is 0 Å². The Labute approximate surface area is 103 Å². The van der Waals surface area contributed by atoms with E-state index in [-0.39, 0.29) is 0 Å². The minimum absolute atomic E-state index is 0.420. The van der Waals surface area contributed by atoms with Crippen molar-refractivity contribution in [3.05, 3.63) is 34.9 Å². The van der Waals surface area contributed by atoms with E-state index in [0.29, 0.717) is 13.1 Å². The van der Waals surface area contributed by atoms with Crippen LogP contribution in [0.4, 0.5) is 0 Å². The molecule has 0 amide bonds. The smallest absolute Gasteiger partial charge is 0.208 e. The normalized spacial score (nSPS) is 11.7. The van der Waals surface area contributed by atoms with Crippen LogP contribution in [-0.4, -0.2) is 27.8 Å². The van der Waals surface area contributed by atoms with Crippen LogP contribution < -0.4 is 10.0 Å². The Kier molecular flexibility index (Phi) is 5.11. The molecular weight excluding hydrogens is 236 g/mol. The molecule has 2 N–H and O–H groups in total. The van der Waals surface area contributed by atoms with Gasteiger partial charge in [0.1, 0.15) is 0 Å². The maximum Gasteiger partial charge on any atom is 0.208 e. The lowest BCUT2D eigenvalue weighted by Gasteiger charge is -2.08. The molecular formula is C12H20N2O2S. The molecule has 0 aromatic heterocycles. The van der Waals surface area contributed by atoms with Crippen molar-refractivity contribution in [1.29, 1.82) is 0 Å². The van der Waals surface area contributed by atoms with Gasteiger partial charge in [0.05, 0.1) is 6.26 Å². The molecule has 17 heavy (non-hydrogen) atoms. The van der Waals surface area contributed by atoms with Crippen LogP contribution in [-0.2, 0) is 16.6 Å². The fraction of sp³-hybridized carbons (Fsp3) is 0.500. The highest BCUT2D eigenvalue weighted by molar-refractivity contribution is 7.88. The zero-order valence-corrected chi connectivity index (χ0v) is 11.4. The fourth-order valence-corrected chi connectivity index (χ4v) is 2.06. The number of hydrogen-bond donors (Lipinski definition) is 2. The first-order valence-corrected chi connectivity index (χ1v) is 7.49. The quantitative estimate of drug-likeness (QED) is 0.745. The number of sulfonamides is 1. The van der Waals surface area contributed by atoms with Gasteiger partial charge in [0.25, 0.3) is 0 Å². The minimum atomic E-state index is -3.07. The average molecular weight is 256 g/mol. The third-order valence-electron chi connectivity index (χ3n) is 2.48. The molecule has 5 heteroatoms. The summed E-state index contributed by atoms with van der Waals surface area (Å²) in [7, 11) is -3.07. The lowest BCUT2D eigenvalue weighted by Crippen LogP contribution is -2.30. The van der Waals surface area contributed by atoms with Crippen molar-refractivity contribution in [3.8, 4) is 0 Å². The SMILES string of the molecule is Cc1ccc(CNCCNS(C)(=O)=O)c(C)c1. The molecule has 0 spiro atoms. The zero-order chi connectivity index (χ0) is 12.9. The highest BCUT2D eigenvalue weighted by atomic mass is 32.2. The maximum atomic E-state index is 10.8. The summed E-state index contributed by atoms with van der Waals surface area (Å²) in [5, 5.41) is 3.21. The van der Waals surface area contributed by atoms with Gasteiger partial charge in [-0.25, -0.2) is 13.1 Å². The van der Waals surface area contributed by atoms with Crippen LogP contribution in [0.25, 0.3) is 0 Å². The molecule has 0 fully saturated rings. The number of hydrogen-bond acceptors (Lipinski definition) is 3. The summed E-state index contributed by atoms with van der Waals surface area (Å²) in [4.78, 5) is 0. The summed E-state index contributed by atoms with van der Waals surface area (Å²) in [6, 6.07) is 6.33. The Bertz CT molecular complexity index is 469. The molecule has 0 aliphatic carbocycles. The van der Waals surface area contributed by atoms with Crippen molar-refractivity contribution in [1.82, 2.24) is 10.0 Å². The molecule has 0 atom stereocenters. The van der Waals surface area contributed by atoms with Gasteiger partial charge in [-0.1, -0.05) is 23.8 Å². The van der Waals surface area contributed by atoms with E-state index in [0.717, 1.165) is 12.8 Å². The van der Waals surface area contributed by atoms with Crippen LogP contribution in [0, 0.1) is 13.8 Å². The van der Waals surface area contributed by atoms with Crippen LogP contribution in [0.2, 0.25) is 0 Å². The summed E-state index contributed by atoms with van der Waals surface area (Å²) in [5.74, 6) is 0. The molecule has 0 aliphatic rings. The van der Waals surface area contributed by atoms with Crippen molar-refractivity contribution < 1.29 is 8.42 Å². The summed E-state index contributed by atoms with van der Waals surface area (Å²) in [5.41, 5.74) is 3.76. The molecule has 0 aliphatic heterocycles. The largest absolute Gasteiger partial charge is 0.311 e. The Morgan fingerprint density at radius 1 is 1.18 bits per heavy atom. The molecule has 1 rings (SSSR count). The average Bonchev–Trinajstić information content (AvgIpc) is 2.18. The third-order valence-corrected chi connectivity index (χ3v) is 3.21. The first-order chi connectivity index (χ1) is 7.88. The van der Waals surface area contributed by atoms with Crippen molar-refractivity contribution in [2.45, 2.75) is 20.4 Å². The molecule has 1 aromatic carbocycles. The van der Waals surface area contributed by atoms with Crippen molar-refractivity contribution in [2.24, 2.45) is 0 Å². The van der Waals surface area contributed by atoms with Gasteiger partial charge in [0, 0.05) is 19.6 Å². The highest BCUT2D eigenvalue weighted by Gasteiger charge is 2.00. The molecule has 0 heterocycles. The van der Waals surface area contributed by atoms with Crippen LogP contribution >= 0.6 is 0 Å². The predicted octanol–water partition coefficient (Wildman–Crippen LogP) is 0.942. The van der Waals surface area contributed by atoms with Crippen LogP contribution in [0.5, 0.6) is 0 Å². The van der Waals surface area contributed by atoms with Crippen LogP contribution in [0.3, 0.4) is 0 Å². The molecule has 0 saturated heterocycles. The van der Waals surface area contributed by atoms with E-state index in [9.17, 15) is 8.42 Å². The van der Waals surface area contributed by atoms with Gasteiger partial charge in [0.15, 0.2) is 0 Å². The second-order valence-electron chi connectivity index (χ2n) is 4.27. The topological polar surface area (TPSA) is 58.2 Å². The van der Waals surface area contributed by atoms with E-state index in [2.05, 4.69) is 42.1 Å². The van der Waals surface area contributed by atoms with Crippen molar-refractivity contribution in [3.63, 3.8) is 0 Å². The Morgan fingerprint density at radius 3 is 2.47 bits per heavy atom. The summed E-state index contributed by atoms with van der Waals surface area (Å²) >= 11 is 0. The first-order valence-electron chi connectivity index (χ1n) is 5.60. The van der Waals surface area contributed by atoms with Gasteiger partial charge < -0.3 is 5.32 Å². The minimum Gasteiger partial charge on any atom is -0.311 e. The summed E-state index contributed by atoms with van der Waals surface area (Å²) < 4.78 is 24.1. The van der Waals surface area contributed by atoms with Gasteiger partial charge in [-0.05, 0) is 25.0 Å². The van der Waals surface area contributed by atoms with E-state index < -0.39 is 10.0 Å². The van der Waals surface area contributed by atoms with Gasteiger partial charge in [-0.2, -0.15) is 0 Å². The second kappa shape index (κ2) is 6.14. The fourth-order valence-electron chi connectivity index (χ4n) is 1.59. The standard InChI is InChI=1S/C12H20N2O2S/c1-10-4-5-12(11(2)8-10)9-13-6-7-14-17(3,15)16/h4-5,8,13-14H,6-7,9H2,1-3H3. The van der Waals surface area contributed by atoms with Crippen molar-refractivity contribution >= 4 is 10.0 Å². The zero-order valence-electron chi connectivity index (χ0n) is 10.6. The van der Waals surface area contributed by atoms with Gasteiger partial charge in [-0.3, -0.25) is 0 Å². The second-order valence-corrected chi connectivity index (χ2v) is 6.11. The number of aryl methyl sites for hydroxylation is 2. The third kappa shape index (κ3) is 5.81. The molecule has 1 aromatic rings. The molecule has 0 bridgehead atoms. The number of rotatable bonds is 6.